The van der Waals surface area contributed by atoms with Crippen LogP contribution in [0.2, 0.25) is 0 Å². The molecule has 1 aliphatic rings. The fourth-order valence-electron chi connectivity index (χ4n) is 2.15. The molecule has 0 radical (unpaired) electrons. The van der Waals surface area contributed by atoms with Crippen LogP contribution in [0.1, 0.15) is 5.56 Å². The van der Waals surface area contributed by atoms with Gasteiger partial charge in [0.05, 0.1) is 30.6 Å². The van der Waals surface area contributed by atoms with Crippen LogP contribution in [-0.2, 0) is 16.1 Å². The average Bonchev–Trinajstić information content (AvgIpc) is 2.83. The number of imidazole rings is 1. The molecule has 6 nitrogen and oxygen atoms in total. The molecular formula is C13H16N4O2. The van der Waals surface area contributed by atoms with Crippen molar-refractivity contribution in [2.45, 2.75) is 6.54 Å². The van der Waals surface area contributed by atoms with Crippen molar-refractivity contribution in [2.24, 2.45) is 11.1 Å². The number of hydrogen-bond acceptors (Lipinski definition) is 4. The first-order valence-corrected chi connectivity index (χ1v) is 6.22. The van der Waals surface area contributed by atoms with Gasteiger partial charge < -0.3 is 20.8 Å². The Kier molecular flexibility index (Phi) is 2.96. The molecule has 0 aliphatic carbocycles. The zero-order valence-electron chi connectivity index (χ0n) is 10.5. The highest BCUT2D eigenvalue weighted by Crippen LogP contribution is 2.26. The molecule has 0 bridgehead atoms. The molecule has 2 heterocycles. The molecule has 100 valence electrons. The predicted molar refractivity (Wildman–Crippen MR) is 70.2 cm³/mol. The molecule has 19 heavy (non-hydrogen) atoms. The first-order valence-electron chi connectivity index (χ1n) is 6.22. The summed E-state index contributed by atoms with van der Waals surface area (Å²) in [5.74, 6) is -0.0362. The number of amides is 1. The van der Waals surface area contributed by atoms with Gasteiger partial charge in [0.15, 0.2) is 0 Å². The monoisotopic (exact) mass is 260 g/mol. The summed E-state index contributed by atoms with van der Waals surface area (Å²) in [6.07, 6.45) is 1.65. The number of nitrogens with one attached hydrogen (secondary N) is 2. The number of fused-ring (bicyclic) bond motifs is 1. The van der Waals surface area contributed by atoms with Gasteiger partial charge in [-0.25, -0.2) is 4.98 Å². The van der Waals surface area contributed by atoms with Gasteiger partial charge in [-0.15, -0.1) is 0 Å². The predicted octanol–water partition coefficient (Wildman–Crippen LogP) is 0.154. The van der Waals surface area contributed by atoms with E-state index in [-0.39, 0.29) is 5.91 Å². The highest BCUT2D eigenvalue weighted by Gasteiger charge is 2.44. The summed E-state index contributed by atoms with van der Waals surface area (Å²) in [5, 5.41) is 2.92. The van der Waals surface area contributed by atoms with E-state index in [4.69, 9.17) is 10.5 Å². The molecule has 1 amide bonds. The number of aromatic nitrogens is 2. The Morgan fingerprint density at radius 2 is 2.37 bits per heavy atom. The van der Waals surface area contributed by atoms with Gasteiger partial charge >= 0.3 is 0 Å². The second-order valence-electron chi connectivity index (χ2n) is 4.91. The summed E-state index contributed by atoms with van der Waals surface area (Å²) in [4.78, 5) is 19.3. The minimum Gasteiger partial charge on any atom is -0.379 e. The van der Waals surface area contributed by atoms with Crippen molar-refractivity contribution < 1.29 is 9.53 Å². The van der Waals surface area contributed by atoms with E-state index < -0.39 is 5.41 Å². The number of nitrogens with zero attached hydrogens (tertiary/aromatic N) is 1. The minimum absolute atomic E-state index is 0.0362. The van der Waals surface area contributed by atoms with Gasteiger partial charge in [-0.3, -0.25) is 4.79 Å². The van der Waals surface area contributed by atoms with E-state index in [0.717, 1.165) is 16.6 Å². The van der Waals surface area contributed by atoms with E-state index in [2.05, 4.69) is 15.3 Å². The van der Waals surface area contributed by atoms with E-state index in [1.165, 1.54) is 0 Å². The van der Waals surface area contributed by atoms with Crippen LogP contribution in [-0.4, -0.2) is 35.6 Å². The fourth-order valence-corrected chi connectivity index (χ4v) is 2.15. The smallest absolute Gasteiger partial charge is 0.232 e. The number of H-pyrrole nitrogens is 1. The SMILES string of the molecule is NCC1(C(=O)NCc2ccc3nc[nH]c3c2)COC1. The molecule has 2 aromatic rings. The third-order valence-electron chi connectivity index (χ3n) is 3.57. The fraction of sp³-hybridized carbons (Fsp3) is 0.385. The summed E-state index contributed by atoms with van der Waals surface area (Å²) < 4.78 is 5.10. The number of aromatic amines is 1. The summed E-state index contributed by atoms with van der Waals surface area (Å²) in [6.45, 7) is 1.62. The van der Waals surface area contributed by atoms with E-state index >= 15 is 0 Å². The highest BCUT2D eigenvalue weighted by molar-refractivity contribution is 5.84. The van der Waals surface area contributed by atoms with E-state index in [1.807, 2.05) is 18.2 Å². The quantitative estimate of drug-likeness (QED) is 0.729. The number of benzene rings is 1. The van der Waals surface area contributed by atoms with Crippen molar-refractivity contribution in [1.82, 2.24) is 15.3 Å². The Labute approximate surface area is 110 Å². The molecule has 0 spiro atoms. The second kappa shape index (κ2) is 4.64. The summed E-state index contributed by atoms with van der Waals surface area (Å²) >= 11 is 0. The van der Waals surface area contributed by atoms with Crippen molar-refractivity contribution >= 4 is 16.9 Å². The molecule has 1 fully saturated rings. The third kappa shape index (κ3) is 2.09. The van der Waals surface area contributed by atoms with Crippen LogP contribution in [0.4, 0.5) is 0 Å². The second-order valence-corrected chi connectivity index (χ2v) is 4.91. The lowest BCUT2D eigenvalue weighted by molar-refractivity contribution is -0.159. The summed E-state index contributed by atoms with van der Waals surface area (Å²) in [6, 6.07) is 5.86. The van der Waals surface area contributed by atoms with Gasteiger partial charge in [0.1, 0.15) is 5.41 Å². The maximum Gasteiger partial charge on any atom is 0.232 e. The number of carbonyl (C=O) groups is 1. The van der Waals surface area contributed by atoms with Gasteiger partial charge in [0.25, 0.3) is 0 Å². The standard InChI is InChI=1S/C13H16N4O2/c14-5-13(6-19-7-13)12(18)15-4-9-1-2-10-11(3-9)17-8-16-10/h1-3,8H,4-7,14H2,(H,15,18)(H,16,17). The first kappa shape index (κ1) is 12.1. The molecule has 6 heteroatoms. The molecule has 0 unspecified atom stereocenters. The molecule has 3 rings (SSSR count). The Morgan fingerprint density at radius 3 is 3.05 bits per heavy atom. The maximum absolute atomic E-state index is 12.1. The summed E-state index contributed by atoms with van der Waals surface area (Å²) in [5.41, 5.74) is 8.02. The van der Waals surface area contributed by atoms with Gasteiger partial charge in [-0.2, -0.15) is 0 Å². The van der Waals surface area contributed by atoms with Crippen molar-refractivity contribution in [3.8, 4) is 0 Å². The Hall–Kier alpha value is -1.92. The zero-order valence-corrected chi connectivity index (χ0v) is 10.5. The molecule has 4 N–H and O–H groups in total. The van der Waals surface area contributed by atoms with E-state index in [9.17, 15) is 4.79 Å². The number of ether oxygens (including phenoxy) is 1. The highest BCUT2D eigenvalue weighted by atomic mass is 16.5. The molecule has 1 saturated heterocycles. The van der Waals surface area contributed by atoms with Crippen LogP contribution in [0.3, 0.4) is 0 Å². The Balaban J connectivity index is 1.66. The lowest BCUT2D eigenvalue weighted by Gasteiger charge is -2.38. The van der Waals surface area contributed by atoms with Crippen LogP contribution in [0.5, 0.6) is 0 Å². The number of hydrogen-bond donors (Lipinski definition) is 3. The number of carbonyl (C=O) groups excluding carboxylic acids is 1. The molecule has 0 atom stereocenters. The molecule has 1 aliphatic heterocycles. The zero-order chi connectivity index (χ0) is 13.3. The van der Waals surface area contributed by atoms with Crippen molar-refractivity contribution in [2.75, 3.05) is 19.8 Å². The Bertz CT molecular complexity index is 598. The Morgan fingerprint density at radius 1 is 1.53 bits per heavy atom. The lowest BCUT2D eigenvalue weighted by Crippen LogP contribution is -2.58. The van der Waals surface area contributed by atoms with Crippen LogP contribution in [0.15, 0.2) is 24.5 Å². The minimum atomic E-state index is -0.530. The van der Waals surface area contributed by atoms with Gasteiger partial charge in [-0.05, 0) is 17.7 Å². The number of rotatable bonds is 4. The van der Waals surface area contributed by atoms with Gasteiger partial charge in [0, 0.05) is 13.1 Å². The molecule has 1 aromatic heterocycles. The molecule has 0 saturated carbocycles. The van der Waals surface area contributed by atoms with Crippen LogP contribution < -0.4 is 11.1 Å². The average molecular weight is 260 g/mol. The summed E-state index contributed by atoms with van der Waals surface area (Å²) in [7, 11) is 0. The molecule has 1 aromatic carbocycles. The van der Waals surface area contributed by atoms with Crippen molar-refractivity contribution in [1.29, 1.82) is 0 Å². The number of nitrogens with two attached hydrogens (primary N) is 1. The van der Waals surface area contributed by atoms with Crippen LogP contribution >= 0.6 is 0 Å². The maximum atomic E-state index is 12.1. The van der Waals surface area contributed by atoms with E-state index in [0.29, 0.717) is 26.3 Å². The third-order valence-corrected chi connectivity index (χ3v) is 3.57. The van der Waals surface area contributed by atoms with Crippen LogP contribution in [0.25, 0.3) is 11.0 Å². The normalized spacial score (nSPS) is 17.1. The van der Waals surface area contributed by atoms with Gasteiger partial charge in [-0.1, -0.05) is 6.07 Å². The van der Waals surface area contributed by atoms with Crippen molar-refractivity contribution in [3.63, 3.8) is 0 Å². The van der Waals surface area contributed by atoms with E-state index in [1.54, 1.807) is 6.33 Å². The molecular weight excluding hydrogens is 244 g/mol. The van der Waals surface area contributed by atoms with Crippen molar-refractivity contribution in [3.05, 3.63) is 30.1 Å². The largest absolute Gasteiger partial charge is 0.379 e. The topological polar surface area (TPSA) is 93.0 Å². The first-order chi connectivity index (χ1) is 9.23. The van der Waals surface area contributed by atoms with Crippen LogP contribution in [0, 0.1) is 5.41 Å². The lowest BCUT2D eigenvalue weighted by atomic mass is 9.85. The van der Waals surface area contributed by atoms with Gasteiger partial charge in [0.2, 0.25) is 5.91 Å².